The number of nitro groups is 1. The molecule has 3 aromatic rings. The van der Waals surface area contributed by atoms with Crippen molar-refractivity contribution in [1.29, 1.82) is 0 Å². The van der Waals surface area contributed by atoms with E-state index in [2.05, 4.69) is 5.32 Å². The Kier molecular flexibility index (Phi) is 4.90. The Morgan fingerprint density at radius 3 is 2.66 bits per heavy atom. The third kappa shape index (κ3) is 3.52. The van der Waals surface area contributed by atoms with Crippen molar-refractivity contribution in [2.75, 3.05) is 16.8 Å². The van der Waals surface area contributed by atoms with Crippen LogP contribution >= 0.6 is 11.6 Å². The maximum absolute atomic E-state index is 12.7. The van der Waals surface area contributed by atoms with Crippen molar-refractivity contribution in [1.82, 2.24) is 0 Å². The van der Waals surface area contributed by atoms with Crippen LogP contribution in [0.15, 0.2) is 54.6 Å². The Balaban J connectivity index is 1.41. The molecule has 1 heterocycles. The van der Waals surface area contributed by atoms with Crippen LogP contribution in [0.3, 0.4) is 0 Å². The summed E-state index contributed by atoms with van der Waals surface area (Å²) in [7, 11) is 0. The number of halogens is 1. The van der Waals surface area contributed by atoms with E-state index in [0.717, 1.165) is 16.5 Å². The van der Waals surface area contributed by atoms with Gasteiger partial charge in [-0.05, 0) is 30.0 Å². The highest BCUT2D eigenvalue weighted by Crippen LogP contribution is 2.37. The normalized spacial score (nSPS) is 12.4. The summed E-state index contributed by atoms with van der Waals surface area (Å²) < 4.78 is 0. The zero-order valence-electron chi connectivity index (χ0n) is 15.2. The summed E-state index contributed by atoms with van der Waals surface area (Å²) in [6.45, 7) is 0.392. The fourth-order valence-electron chi connectivity index (χ4n) is 3.53. The first-order valence-corrected chi connectivity index (χ1v) is 9.41. The number of carbonyl (C=O) groups is 2. The van der Waals surface area contributed by atoms with Crippen LogP contribution in [0, 0.1) is 10.1 Å². The molecule has 1 aliphatic heterocycles. The molecule has 0 aliphatic carbocycles. The first kappa shape index (κ1) is 18.9. The van der Waals surface area contributed by atoms with Gasteiger partial charge in [0.25, 0.3) is 11.6 Å². The predicted octanol–water partition coefficient (Wildman–Crippen LogP) is 4.78. The van der Waals surface area contributed by atoms with Gasteiger partial charge in [0.1, 0.15) is 0 Å². The van der Waals surface area contributed by atoms with Crippen LogP contribution in [0.1, 0.15) is 23.2 Å². The van der Waals surface area contributed by atoms with Gasteiger partial charge in [-0.1, -0.05) is 35.9 Å². The van der Waals surface area contributed by atoms with Crippen molar-refractivity contribution >= 4 is 51.2 Å². The second-order valence-electron chi connectivity index (χ2n) is 6.71. The highest BCUT2D eigenvalue weighted by molar-refractivity contribution is 6.33. The zero-order valence-corrected chi connectivity index (χ0v) is 16.0. The first-order chi connectivity index (χ1) is 14.0. The number of nitrogens with zero attached hydrogens (tertiary/aromatic N) is 2. The van der Waals surface area contributed by atoms with E-state index in [4.69, 9.17) is 11.6 Å². The molecule has 0 spiro atoms. The smallest absolute Gasteiger partial charge is 0.271 e. The Morgan fingerprint density at radius 1 is 1.14 bits per heavy atom. The molecule has 8 heteroatoms. The maximum Gasteiger partial charge on any atom is 0.271 e. The molecule has 0 aromatic heterocycles. The molecule has 1 N–H and O–H groups in total. The number of hydrogen-bond acceptors (Lipinski definition) is 4. The van der Waals surface area contributed by atoms with Crippen LogP contribution in [0.4, 0.5) is 17.1 Å². The summed E-state index contributed by atoms with van der Waals surface area (Å²) >= 11 is 6.01. The molecule has 0 fully saturated rings. The van der Waals surface area contributed by atoms with Gasteiger partial charge in [0.05, 0.1) is 21.3 Å². The summed E-state index contributed by atoms with van der Waals surface area (Å²) in [5, 5.41) is 15.7. The minimum Gasteiger partial charge on any atom is -0.325 e. The van der Waals surface area contributed by atoms with Gasteiger partial charge >= 0.3 is 0 Å². The van der Waals surface area contributed by atoms with Crippen molar-refractivity contribution in [3.63, 3.8) is 0 Å². The molecule has 0 atom stereocenters. The van der Waals surface area contributed by atoms with Crippen LogP contribution in [0.2, 0.25) is 5.02 Å². The molecule has 7 nitrogen and oxygen atoms in total. The van der Waals surface area contributed by atoms with E-state index in [1.807, 2.05) is 36.4 Å². The van der Waals surface area contributed by atoms with Crippen LogP contribution < -0.4 is 10.2 Å². The average molecular weight is 410 g/mol. The Hall–Kier alpha value is -3.45. The molecule has 0 unspecified atom stereocenters. The SMILES string of the molecule is O=C(CCCN1C(=O)c2cccc3cccc1c23)Nc1cc([N+](=O)[O-])ccc1Cl. The van der Waals surface area contributed by atoms with Crippen molar-refractivity contribution in [2.45, 2.75) is 12.8 Å². The lowest BCUT2D eigenvalue weighted by molar-refractivity contribution is -0.384. The largest absolute Gasteiger partial charge is 0.325 e. The Bertz CT molecular complexity index is 1160. The van der Waals surface area contributed by atoms with Gasteiger partial charge in [0.2, 0.25) is 5.91 Å². The van der Waals surface area contributed by atoms with Gasteiger partial charge in [-0.25, -0.2) is 0 Å². The van der Waals surface area contributed by atoms with Gasteiger partial charge in [-0.3, -0.25) is 19.7 Å². The van der Waals surface area contributed by atoms with E-state index in [1.54, 1.807) is 4.90 Å². The number of anilines is 2. The van der Waals surface area contributed by atoms with Gasteiger partial charge in [-0.2, -0.15) is 0 Å². The second-order valence-corrected chi connectivity index (χ2v) is 7.12. The Labute approximate surface area is 171 Å². The number of benzene rings is 3. The molecular weight excluding hydrogens is 394 g/mol. The molecule has 0 saturated carbocycles. The second kappa shape index (κ2) is 7.52. The van der Waals surface area contributed by atoms with Crippen LogP contribution in [0.5, 0.6) is 0 Å². The number of nitro benzene ring substituents is 1. The summed E-state index contributed by atoms with van der Waals surface area (Å²) in [6.07, 6.45) is 0.587. The number of rotatable bonds is 6. The third-order valence-electron chi connectivity index (χ3n) is 4.87. The van der Waals surface area contributed by atoms with Gasteiger partial charge < -0.3 is 10.2 Å². The molecule has 146 valence electrons. The molecule has 2 amide bonds. The topological polar surface area (TPSA) is 92.6 Å². The summed E-state index contributed by atoms with van der Waals surface area (Å²) in [5.74, 6) is -0.395. The van der Waals surface area contributed by atoms with Crippen molar-refractivity contribution in [2.24, 2.45) is 0 Å². The quantitative estimate of drug-likeness (QED) is 0.468. The van der Waals surface area contributed by atoms with Crippen molar-refractivity contribution in [3.05, 3.63) is 75.3 Å². The predicted molar refractivity (Wildman–Crippen MR) is 112 cm³/mol. The standard InChI is InChI=1S/C21H16ClN3O4/c22-16-10-9-14(25(28)29)12-17(16)23-19(26)8-3-11-24-18-7-2-5-13-4-1-6-15(20(13)18)21(24)27/h1-2,4-7,9-10,12H,3,8,11H2,(H,23,26). The molecule has 3 aromatic carbocycles. The number of non-ortho nitro benzene ring substituents is 1. The average Bonchev–Trinajstić information content (AvgIpc) is 2.97. The van der Waals surface area contributed by atoms with E-state index in [-0.39, 0.29) is 34.6 Å². The van der Waals surface area contributed by atoms with E-state index in [0.29, 0.717) is 18.5 Å². The zero-order chi connectivity index (χ0) is 20.5. The van der Waals surface area contributed by atoms with E-state index in [1.165, 1.54) is 18.2 Å². The van der Waals surface area contributed by atoms with E-state index < -0.39 is 4.92 Å². The first-order valence-electron chi connectivity index (χ1n) is 9.03. The minimum absolute atomic E-state index is 0.0704. The lowest BCUT2D eigenvalue weighted by Crippen LogP contribution is -2.28. The summed E-state index contributed by atoms with van der Waals surface area (Å²) in [4.78, 5) is 37.0. The Morgan fingerprint density at radius 2 is 1.90 bits per heavy atom. The summed E-state index contributed by atoms with van der Waals surface area (Å²) in [6, 6.07) is 15.3. The fourth-order valence-corrected chi connectivity index (χ4v) is 3.70. The van der Waals surface area contributed by atoms with Gasteiger partial charge in [0.15, 0.2) is 0 Å². The lowest BCUT2D eigenvalue weighted by atomic mass is 10.1. The highest BCUT2D eigenvalue weighted by atomic mass is 35.5. The molecule has 4 rings (SSSR count). The minimum atomic E-state index is -0.552. The third-order valence-corrected chi connectivity index (χ3v) is 5.20. The lowest BCUT2D eigenvalue weighted by Gasteiger charge is -2.17. The molecular formula is C21H16ClN3O4. The highest BCUT2D eigenvalue weighted by Gasteiger charge is 2.29. The summed E-state index contributed by atoms with van der Waals surface area (Å²) in [5.41, 5.74) is 1.56. The van der Waals surface area contributed by atoms with Crippen LogP contribution in [-0.4, -0.2) is 23.3 Å². The monoisotopic (exact) mass is 409 g/mol. The van der Waals surface area contributed by atoms with Crippen molar-refractivity contribution in [3.8, 4) is 0 Å². The molecule has 0 bridgehead atoms. The number of carbonyl (C=O) groups excluding carboxylic acids is 2. The molecule has 0 saturated heterocycles. The maximum atomic E-state index is 12.7. The van der Waals surface area contributed by atoms with E-state index in [9.17, 15) is 19.7 Å². The molecule has 29 heavy (non-hydrogen) atoms. The number of nitrogens with one attached hydrogen (secondary N) is 1. The van der Waals surface area contributed by atoms with Crippen LogP contribution in [0.25, 0.3) is 10.8 Å². The molecule has 1 aliphatic rings. The van der Waals surface area contributed by atoms with Gasteiger partial charge in [0, 0.05) is 36.0 Å². The number of hydrogen-bond donors (Lipinski definition) is 1. The fraction of sp³-hybridized carbons (Fsp3) is 0.143. The van der Waals surface area contributed by atoms with Crippen LogP contribution in [-0.2, 0) is 4.79 Å². The molecule has 0 radical (unpaired) electrons. The van der Waals surface area contributed by atoms with Gasteiger partial charge in [-0.15, -0.1) is 0 Å². The van der Waals surface area contributed by atoms with Crippen molar-refractivity contribution < 1.29 is 14.5 Å². The number of amides is 2. The van der Waals surface area contributed by atoms with E-state index >= 15 is 0 Å².